The molecule has 1 aromatic carbocycles. The van der Waals surface area contributed by atoms with Crippen LogP contribution < -0.4 is 14.8 Å². The maximum Gasteiger partial charge on any atom is 0.126 e. The van der Waals surface area contributed by atoms with E-state index >= 15 is 0 Å². The monoisotopic (exact) mass is 361 g/mol. The molecule has 0 unspecified atom stereocenters. The van der Waals surface area contributed by atoms with E-state index in [0.29, 0.717) is 13.2 Å². The highest BCUT2D eigenvalue weighted by Gasteiger charge is 2.10. The summed E-state index contributed by atoms with van der Waals surface area (Å²) in [5, 5.41) is 3.23. The number of nitrogens with one attached hydrogen (secondary N) is 1. The van der Waals surface area contributed by atoms with Gasteiger partial charge in [-0.25, -0.2) is 0 Å². The third-order valence-corrected chi connectivity index (χ3v) is 3.69. The summed E-state index contributed by atoms with van der Waals surface area (Å²) >= 11 is 3.55. The fourth-order valence-corrected chi connectivity index (χ4v) is 2.47. The molecule has 0 amide bonds. The highest BCUT2D eigenvalue weighted by Crippen LogP contribution is 2.32. The van der Waals surface area contributed by atoms with Crippen molar-refractivity contribution in [3.8, 4) is 11.5 Å². The van der Waals surface area contributed by atoms with Crippen LogP contribution in [0.3, 0.4) is 0 Å². The average molecular weight is 362 g/mol. The number of hydrogen-bond donors (Lipinski definition) is 1. The van der Waals surface area contributed by atoms with Crippen molar-refractivity contribution < 1.29 is 18.9 Å². The summed E-state index contributed by atoms with van der Waals surface area (Å²) in [7, 11) is 4.99. The molecule has 6 heteroatoms. The highest BCUT2D eigenvalue weighted by molar-refractivity contribution is 9.10. The zero-order valence-corrected chi connectivity index (χ0v) is 14.5. The number of halogens is 1. The van der Waals surface area contributed by atoms with Crippen LogP contribution in [-0.2, 0) is 15.9 Å². The smallest absolute Gasteiger partial charge is 0.126 e. The Labute approximate surface area is 135 Å². The first-order chi connectivity index (χ1) is 10.2. The fraction of sp³-hybridized carbons (Fsp3) is 0.600. The molecular weight excluding hydrogens is 338 g/mol. The standard InChI is InChI=1S/C15H24BrNO4/c1-18-8-5-17-6-9-21-7-4-13-14(16)10-12(19-2)11-15(13)20-3/h10-11,17H,4-9H2,1-3H3. The van der Waals surface area contributed by atoms with Gasteiger partial charge in [-0.15, -0.1) is 0 Å². The van der Waals surface area contributed by atoms with Gasteiger partial charge in [-0.05, 0) is 6.07 Å². The molecule has 0 bridgehead atoms. The van der Waals surface area contributed by atoms with Gasteiger partial charge in [-0.1, -0.05) is 15.9 Å². The molecule has 0 aliphatic carbocycles. The van der Waals surface area contributed by atoms with Crippen LogP contribution in [0.2, 0.25) is 0 Å². The van der Waals surface area contributed by atoms with Gasteiger partial charge in [0.05, 0.1) is 34.0 Å². The minimum atomic E-state index is 0.646. The second-order valence-electron chi connectivity index (χ2n) is 4.40. The lowest BCUT2D eigenvalue weighted by Gasteiger charge is -2.13. The molecule has 0 saturated carbocycles. The van der Waals surface area contributed by atoms with E-state index in [2.05, 4.69) is 21.2 Å². The zero-order chi connectivity index (χ0) is 15.5. The van der Waals surface area contributed by atoms with E-state index in [1.165, 1.54) is 0 Å². The average Bonchev–Trinajstić information content (AvgIpc) is 2.50. The van der Waals surface area contributed by atoms with E-state index in [1.807, 2.05) is 12.1 Å². The molecule has 0 spiro atoms. The van der Waals surface area contributed by atoms with Gasteiger partial charge >= 0.3 is 0 Å². The molecule has 1 aromatic rings. The van der Waals surface area contributed by atoms with Crippen LogP contribution in [0.4, 0.5) is 0 Å². The van der Waals surface area contributed by atoms with Crippen LogP contribution in [0.25, 0.3) is 0 Å². The summed E-state index contributed by atoms with van der Waals surface area (Å²) in [5.74, 6) is 1.58. The Morgan fingerprint density at radius 1 is 1.00 bits per heavy atom. The van der Waals surface area contributed by atoms with Crippen molar-refractivity contribution in [1.82, 2.24) is 5.32 Å². The Hall–Kier alpha value is -0.820. The van der Waals surface area contributed by atoms with E-state index in [0.717, 1.165) is 47.7 Å². The summed E-state index contributed by atoms with van der Waals surface area (Å²) in [6, 6.07) is 3.82. The van der Waals surface area contributed by atoms with Gasteiger partial charge in [0, 0.05) is 42.7 Å². The predicted octanol–water partition coefficient (Wildman–Crippen LogP) is 2.26. The summed E-state index contributed by atoms with van der Waals surface area (Å²) in [4.78, 5) is 0. The third-order valence-electron chi connectivity index (χ3n) is 2.99. The van der Waals surface area contributed by atoms with Crippen molar-refractivity contribution in [2.45, 2.75) is 6.42 Å². The Balaban J connectivity index is 2.34. The molecule has 1 N–H and O–H groups in total. The van der Waals surface area contributed by atoms with Crippen LogP contribution in [-0.4, -0.2) is 54.2 Å². The summed E-state index contributed by atoms with van der Waals surface area (Å²) in [6.07, 6.45) is 0.784. The maximum absolute atomic E-state index is 5.62. The second-order valence-corrected chi connectivity index (χ2v) is 5.25. The molecule has 0 heterocycles. The Kier molecular flexibility index (Phi) is 9.41. The van der Waals surface area contributed by atoms with Crippen molar-refractivity contribution in [3.63, 3.8) is 0 Å². The van der Waals surface area contributed by atoms with Gasteiger partial charge < -0.3 is 24.3 Å². The van der Waals surface area contributed by atoms with Crippen LogP contribution in [0.1, 0.15) is 5.56 Å². The molecule has 1 rings (SSSR count). The molecule has 0 aliphatic heterocycles. The Morgan fingerprint density at radius 3 is 2.43 bits per heavy atom. The topological polar surface area (TPSA) is 49.0 Å². The molecule has 0 aromatic heterocycles. The lowest BCUT2D eigenvalue weighted by molar-refractivity contribution is 0.134. The first-order valence-electron chi connectivity index (χ1n) is 6.90. The van der Waals surface area contributed by atoms with Crippen molar-refractivity contribution >= 4 is 15.9 Å². The van der Waals surface area contributed by atoms with Crippen LogP contribution in [0.5, 0.6) is 11.5 Å². The van der Waals surface area contributed by atoms with Gasteiger partial charge in [0.25, 0.3) is 0 Å². The summed E-state index contributed by atoms with van der Waals surface area (Å²) in [6.45, 7) is 3.71. The van der Waals surface area contributed by atoms with E-state index < -0.39 is 0 Å². The SMILES string of the molecule is COCCNCCOCCc1c(Br)cc(OC)cc1OC. The quantitative estimate of drug-likeness (QED) is 0.612. The largest absolute Gasteiger partial charge is 0.497 e. The normalized spacial score (nSPS) is 10.7. The van der Waals surface area contributed by atoms with Gasteiger partial charge in [0.2, 0.25) is 0 Å². The Morgan fingerprint density at radius 2 is 1.76 bits per heavy atom. The minimum absolute atomic E-state index is 0.646. The third kappa shape index (κ3) is 6.65. The minimum Gasteiger partial charge on any atom is -0.497 e. The first-order valence-corrected chi connectivity index (χ1v) is 7.70. The molecular formula is C15H24BrNO4. The van der Waals surface area contributed by atoms with Crippen LogP contribution >= 0.6 is 15.9 Å². The molecule has 0 atom stereocenters. The van der Waals surface area contributed by atoms with Gasteiger partial charge in [0.15, 0.2) is 0 Å². The molecule has 0 aliphatic rings. The molecule has 0 fully saturated rings. The van der Waals surface area contributed by atoms with E-state index in [-0.39, 0.29) is 0 Å². The van der Waals surface area contributed by atoms with E-state index in [1.54, 1.807) is 21.3 Å². The van der Waals surface area contributed by atoms with Gasteiger partial charge in [-0.3, -0.25) is 0 Å². The molecule has 0 radical (unpaired) electrons. The Bertz CT molecular complexity index is 415. The highest BCUT2D eigenvalue weighted by atomic mass is 79.9. The maximum atomic E-state index is 5.62. The second kappa shape index (κ2) is 10.8. The van der Waals surface area contributed by atoms with Crippen molar-refractivity contribution in [2.75, 3.05) is 54.2 Å². The van der Waals surface area contributed by atoms with Gasteiger partial charge in [0.1, 0.15) is 11.5 Å². The lowest BCUT2D eigenvalue weighted by Crippen LogP contribution is -2.23. The fourth-order valence-electron chi connectivity index (χ4n) is 1.85. The number of hydrogen-bond acceptors (Lipinski definition) is 5. The number of rotatable bonds is 11. The zero-order valence-electron chi connectivity index (χ0n) is 12.9. The van der Waals surface area contributed by atoms with Crippen molar-refractivity contribution in [1.29, 1.82) is 0 Å². The van der Waals surface area contributed by atoms with Crippen molar-refractivity contribution in [2.24, 2.45) is 0 Å². The van der Waals surface area contributed by atoms with E-state index in [9.17, 15) is 0 Å². The number of benzene rings is 1. The van der Waals surface area contributed by atoms with Crippen molar-refractivity contribution in [3.05, 3.63) is 22.2 Å². The van der Waals surface area contributed by atoms with Gasteiger partial charge in [-0.2, -0.15) is 0 Å². The predicted molar refractivity (Wildman–Crippen MR) is 86.5 cm³/mol. The lowest BCUT2D eigenvalue weighted by atomic mass is 10.1. The molecule has 0 saturated heterocycles. The molecule has 21 heavy (non-hydrogen) atoms. The summed E-state index contributed by atoms with van der Waals surface area (Å²) in [5.41, 5.74) is 1.09. The first kappa shape index (κ1) is 18.2. The van der Waals surface area contributed by atoms with E-state index in [4.69, 9.17) is 18.9 Å². The molecule has 5 nitrogen and oxygen atoms in total. The summed E-state index contributed by atoms with van der Waals surface area (Å²) < 4.78 is 22.2. The number of ether oxygens (including phenoxy) is 4. The van der Waals surface area contributed by atoms with Crippen LogP contribution in [0, 0.1) is 0 Å². The molecule has 120 valence electrons. The van der Waals surface area contributed by atoms with Crippen LogP contribution in [0.15, 0.2) is 16.6 Å². The number of methoxy groups -OCH3 is 3.